The highest BCUT2D eigenvalue weighted by Crippen LogP contribution is 2.31. The minimum atomic E-state index is 0.250. The number of dihydropyridines is 1. The monoisotopic (exact) mass is 459 g/mol. The van der Waals surface area contributed by atoms with Crippen molar-refractivity contribution in [2.45, 2.75) is 25.6 Å². The van der Waals surface area contributed by atoms with E-state index in [9.17, 15) is 0 Å². The third-order valence-electron chi connectivity index (χ3n) is 6.88. The molecule has 2 atom stereocenters. The van der Waals surface area contributed by atoms with Gasteiger partial charge in [0.05, 0.1) is 6.04 Å². The number of fused-ring (bicyclic) bond motifs is 1. The Labute approximate surface area is 209 Å². The van der Waals surface area contributed by atoms with Crippen LogP contribution in [0.15, 0.2) is 126 Å². The van der Waals surface area contributed by atoms with E-state index < -0.39 is 0 Å². The Morgan fingerprint density at radius 3 is 2.63 bits per heavy atom. The van der Waals surface area contributed by atoms with Gasteiger partial charge in [0.25, 0.3) is 0 Å². The summed E-state index contributed by atoms with van der Waals surface area (Å²) in [6.07, 6.45) is 18.5. The molecule has 0 spiro atoms. The van der Waals surface area contributed by atoms with Gasteiger partial charge in [-0.25, -0.2) is 0 Å². The molecule has 1 aliphatic heterocycles. The Balaban J connectivity index is 1.33. The highest BCUT2D eigenvalue weighted by atomic mass is 15.1. The van der Waals surface area contributed by atoms with E-state index in [1.807, 2.05) is 7.05 Å². The van der Waals surface area contributed by atoms with Crippen molar-refractivity contribution in [3.05, 3.63) is 137 Å². The smallest absolute Gasteiger partial charge is 0.0780 e. The molecule has 0 saturated carbocycles. The maximum Gasteiger partial charge on any atom is 0.0780 e. The average molecular weight is 460 g/mol. The van der Waals surface area contributed by atoms with Crippen LogP contribution in [0.4, 0.5) is 0 Å². The SMILES string of the molecule is C=C(NC)C1=CC=C(c2cccc(CN(CC3=CC4C=CC=CC4N=C3)Cc3ccccc3)c2)C1. The van der Waals surface area contributed by atoms with Crippen LogP contribution in [-0.4, -0.2) is 30.7 Å². The molecule has 0 fully saturated rings. The third kappa shape index (κ3) is 5.70. The van der Waals surface area contributed by atoms with Gasteiger partial charge < -0.3 is 5.32 Å². The van der Waals surface area contributed by atoms with Gasteiger partial charge in [0.2, 0.25) is 0 Å². The minimum Gasteiger partial charge on any atom is -0.388 e. The van der Waals surface area contributed by atoms with Crippen molar-refractivity contribution < 1.29 is 0 Å². The van der Waals surface area contributed by atoms with Crippen LogP contribution in [0, 0.1) is 5.92 Å². The summed E-state index contributed by atoms with van der Waals surface area (Å²) >= 11 is 0. The van der Waals surface area contributed by atoms with Crippen LogP contribution in [0.3, 0.4) is 0 Å². The summed E-state index contributed by atoms with van der Waals surface area (Å²) in [4.78, 5) is 7.33. The van der Waals surface area contributed by atoms with Crippen LogP contribution in [0.2, 0.25) is 0 Å². The highest BCUT2D eigenvalue weighted by Gasteiger charge is 2.20. The lowest BCUT2D eigenvalue weighted by Gasteiger charge is -2.27. The molecule has 0 aromatic heterocycles. The number of nitrogens with zero attached hydrogens (tertiary/aromatic N) is 2. The molecule has 0 bridgehead atoms. The van der Waals surface area contributed by atoms with E-state index in [4.69, 9.17) is 4.99 Å². The molecule has 176 valence electrons. The molecule has 2 unspecified atom stereocenters. The van der Waals surface area contributed by atoms with E-state index in [2.05, 4.69) is 120 Å². The molecule has 0 radical (unpaired) electrons. The first-order valence-corrected chi connectivity index (χ1v) is 12.4. The normalized spacial score (nSPS) is 20.3. The molecule has 0 saturated heterocycles. The van der Waals surface area contributed by atoms with Crippen molar-refractivity contribution in [2.24, 2.45) is 10.9 Å². The number of benzene rings is 2. The number of hydrogen-bond acceptors (Lipinski definition) is 3. The summed E-state index contributed by atoms with van der Waals surface area (Å²) < 4.78 is 0. The van der Waals surface area contributed by atoms with E-state index in [1.165, 1.54) is 33.4 Å². The van der Waals surface area contributed by atoms with E-state index in [0.717, 1.165) is 31.8 Å². The highest BCUT2D eigenvalue weighted by molar-refractivity contribution is 5.81. The molecule has 1 heterocycles. The largest absolute Gasteiger partial charge is 0.388 e. The number of likely N-dealkylation sites (N-methyl/N-ethyl adjacent to an activating group) is 1. The van der Waals surface area contributed by atoms with E-state index in [-0.39, 0.29) is 6.04 Å². The standard InChI is InChI=1S/C32H33N3/c1-24(33-2)28-15-16-30(19-28)29-13-8-11-26(17-29)22-35(21-25-9-4-3-5-10-25)23-27-18-31-12-6-7-14-32(31)34-20-27/h3-18,20,31-33H,1,19,21-23H2,2H3. The van der Waals surface area contributed by atoms with Crippen molar-refractivity contribution in [1.29, 1.82) is 0 Å². The summed E-state index contributed by atoms with van der Waals surface area (Å²) in [5, 5.41) is 3.17. The number of nitrogens with one attached hydrogen (secondary N) is 1. The van der Waals surface area contributed by atoms with Gasteiger partial charge in [-0.15, -0.1) is 0 Å². The molecule has 35 heavy (non-hydrogen) atoms. The van der Waals surface area contributed by atoms with Crippen LogP contribution in [0.5, 0.6) is 0 Å². The maximum absolute atomic E-state index is 4.81. The van der Waals surface area contributed by atoms with Gasteiger partial charge in [0.15, 0.2) is 0 Å². The molecule has 3 heteroatoms. The van der Waals surface area contributed by atoms with Gasteiger partial charge in [-0.05, 0) is 33.4 Å². The molecule has 1 N–H and O–H groups in total. The van der Waals surface area contributed by atoms with Crippen molar-refractivity contribution in [1.82, 2.24) is 10.2 Å². The van der Waals surface area contributed by atoms with Gasteiger partial charge in [0, 0.05) is 50.9 Å². The first-order valence-electron chi connectivity index (χ1n) is 12.4. The van der Waals surface area contributed by atoms with Gasteiger partial charge in [-0.1, -0.05) is 104 Å². The third-order valence-corrected chi connectivity index (χ3v) is 6.88. The Morgan fingerprint density at radius 2 is 1.77 bits per heavy atom. The zero-order valence-corrected chi connectivity index (χ0v) is 20.4. The fourth-order valence-electron chi connectivity index (χ4n) is 4.97. The predicted molar refractivity (Wildman–Crippen MR) is 148 cm³/mol. The number of rotatable bonds is 9. The molecule has 3 nitrogen and oxygen atoms in total. The van der Waals surface area contributed by atoms with Crippen LogP contribution in [-0.2, 0) is 13.1 Å². The Bertz CT molecular complexity index is 1260. The Kier molecular flexibility index (Phi) is 7.06. The zero-order valence-electron chi connectivity index (χ0n) is 20.4. The van der Waals surface area contributed by atoms with Gasteiger partial charge in [0.1, 0.15) is 0 Å². The van der Waals surface area contributed by atoms with Crippen molar-refractivity contribution in [3.63, 3.8) is 0 Å². The fraction of sp³-hybridized carbons (Fsp3) is 0.219. The molecule has 3 aliphatic rings. The molecule has 0 amide bonds. The number of allylic oxidation sites excluding steroid dienone is 6. The first kappa shape index (κ1) is 23.1. The second kappa shape index (κ2) is 10.7. The number of hydrogen-bond donors (Lipinski definition) is 1. The summed E-state index contributed by atoms with van der Waals surface area (Å²) in [7, 11) is 1.93. The quantitative estimate of drug-likeness (QED) is 0.479. The zero-order chi connectivity index (χ0) is 24.0. The predicted octanol–water partition coefficient (Wildman–Crippen LogP) is 6.26. The first-order chi connectivity index (χ1) is 17.2. The maximum atomic E-state index is 4.81. The summed E-state index contributed by atoms with van der Waals surface area (Å²) in [6.45, 7) is 6.78. The summed E-state index contributed by atoms with van der Waals surface area (Å²) in [6, 6.07) is 20.0. The summed E-state index contributed by atoms with van der Waals surface area (Å²) in [5.74, 6) is 0.366. The van der Waals surface area contributed by atoms with Crippen LogP contribution >= 0.6 is 0 Å². The molecular weight excluding hydrogens is 426 g/mol. The van der Waals surface area contributed by atoms with Crippen molar-refractivity contribution in [3.8, 4) is 0 Å². The molecule has 2 aromatic carbocycles. The second-order valence-electron chi connectivity index (χ2n) is 9.48. The lowest BCUT2D eigenvalue weighted by molar-refractivity contribution is 0.282. The second-order valence-corrected chi connectivity index (χ2v) is 9.48. The van der Waals surface area contributed by atoms with Gasteiger partial charge >= 0.3 is 0 Å². The molecule has 5 rings (SSSR count). The Morgan fingerprint density at radius 1 is 0.971 bits per heavy atom. The Hall–Kier alpha value is -3.69. The fourth-order valence-corrected chi connectivity index (χ4v) is 4.97. The molecule has 2 aromatic rings. The van der Waals surface area contributed by atoms with E-state index in [0.29, 0.717) is 5.92 Å². The molecular formula is C32H33N3. The van der Waals surface area contributed by atoms with Crippen molar-refractivity contribution >= 4 is 11.8 Å². The van der Waals surface area contributed by atoms with Crippen LogP contribution in [0.25, 0.3) is 5.57 Å². The van der Waals surface area contributed by atoms with Gasteiger partial charge in [-0.2, -0.15) is 0 Å². The van der Waals surface area contributed by atoms with E-state index in [1.54, 1.807) is 0 Å². The summed E-state index contributed by atoms with van der Waals surface area (Å²) in [5.41, 5.74) is 8.83. The van der Waals surface area contributed by atoms with Gasteiger partial charge in [-0.3, -0.25) is 9.89 Å². The number of aliphatic imine (C=N–C) groups is 1. The van der Waals surface area contributed by atoms with E-state index >= 15 is 0 Å². The lowest BCUT2D eigenvalue weighted by Crippen LogP contribution is -2.28. The lowest BCUT2D eigenvalue weighted by atomic mass is 9.91. The van der Waals surface area contributed by atoms with Crippen LogP contribution in [0.1, 0.15) is 23.1 Å². The average Bonchev–Trinajstić information content (AvgIpc) is 3.39. The minimum absolute atomic E-state index is 0.250. The topological polar surface area (TPSA) is 27.6 Å². The van der Waals surface area contributed by atoms with Crippen LogP contribution < -0.4 is 5.32 Å². The van der Waals surface area contributed by atoms with Crippen molar-refractivity contribution in [2.75, 3.05) is 13.6 Å². The molecule has 2 aliphatic carbocycles.